The first kappa shape index (κ1) is 17.7. The van der Waals surface area contributed by atoms with Gasteiger partial charge in [-0.2, -0.15) is 5.10 Å². The molecule has 1 aromatic heterocycles. The summed E-state index contributed by atoms with van der Waals surface area (Å²) < 4.78 is 0. The van der Waals surface area contributed by atoms with Crippen LogP contribution >= 0.6 is 34.7 Å². The van der Waals surface area contributed by atoms with Crippen molar-refractivity contribution in [2.75, 3.05) is 0 Å². The average molecular weight is 394 g/mol. The van der Waals surface area contributed by atoms with Crippen molar-refractivity contribution >= 4 is 57.8 Å². The van der Waals surface area contributed by atoms with Crippen LogP contribution in [0.25, 0.3) is 0 Å². The zero-order valence-electron chi connectivity index (χ0n) is 12.7. The number of hydrogen-bond acceptors (Lipinski definition) is 7. The summed E-state index contributed by atoms with van der Waals surface area (Å²) in [5, 5.41) is 22.1. The molecule has 1 unspecified atom stereocenters. The number of phenolic OH excluding ortho intramolecular Hbond substituents is 1. The molecule has 1 aliphatic rings. The number of halogens is 1. The molecule has 3 rings (SSSR count). The molecule has 1 saturated heterocycles. The number of nitrogens with zero attached hydrogens (tertiary/aromatic N) is 2. The van der Waals surface area contributed by atoms with Crippen LogP contribution in [0, 0.1) is 0 Å². The highest BCUT2D eigenvalue weighted by atomic mass is 35.5. The smallest absolute Gasteiger partial charge is 0.240 e. The number of carbonyl (C=O) groups excluding carboxylic acids is 2. The molecule has 2 N–H and O–H groups in total. The summed E-state index contributed by atoms with van der Waals surface area (Å²) in [6.07, 6.45) is 1.44. The van der Waals surface area contributed by atoms with E-state index in [1.165, 1.54) is 23.6 Å². The number of hydrogen-bond donors (Lipinski definition) is 2. The van der Waals surface area contributed by atoms with E-state index in [0.717, 1.165) is 11.8 Å². The van der Waals surface area contributed by atoms with Gasteiger partial charge in [0.1, 0.15) is 5.75 Å². The Hall–Kier alpha value is -2.16. The lowest BCUT2D eigenvalue weighted by Gasteiger charge is -2.02. The molecule has 1 amide bonds. The van der Waals surface area contributed by atoms with Crippen molar-refractivity contribution in [2.24, 2.45) is 10.2 Å². The zero-order chi connectivity index (χ0) is 17.8. The molecule has 0 aliphatic carbocycles. The summed E-state index contributed by atoms with van der Waals surface area (Å²) in [5.41, 5.74) is 0.413. The number of Topliss-reactive ketones (excluding diaryl/α,β-unsaturated/α-hetero) is 1. The fraction of sp³-hybridized carbons (Fsp3) is 0.125. The predicted molar refractivity (Wildman–Crippen MR) is 101 cm³/mol. The number of rotatable bonds is 5. The Bertz CT molecular complexity index is 866. The van der Waals surface area contributed by atoms with Crippen LogP contribution in [0.5, 0.6) is 5.75 Å². The number of thioether (sulfide) groups is 1. The van der Waals surface area contributed by atoms with Gasteiger partial charge in [-0.15, -0.1) is 16.4 Å². The third kappa shape index (κ3) is 4.47. The standard InChI is InChI=1S/C16H12ClN3O3S2/c17-10-3-4-11(21)9(6-10)8-18-20-16-19-15(23)14(25-16)7-12(22)13-2-1-5-24-13/h1-6,8,14,21H,7H2,(H,19,20,23)/b18-8+. The average Bonchev–Trinajstić information content (AvgIpc) is 3.21. The lowest BCUT2D eigenvalue weighted by atomic mass is 10.2. The molecule has 0 radical (unpaired) electrons. The third-order valence-corrected chi connectivity index (χ3v) is 5.50. The van der Waals surface area contributed by atoms with Crippen LogP contribution in [-0.4, -0.2) is 33.4 Å². The topological polar surface area (TPSA) is 91.1 Å². The molecule has 6 nitrogen and oxygen atoms in total. The van der Waals surface area contributed by atoms with Gasteiger partial charge in [-0.25, -0.2) is 0 Å². The Labute approximate surface area is 156 Å². The maximum Gasteiger partial charge on any atom is 0.240 e. The van der Waals surface area contributed by atoms with Crippen molar-refractivity contribution in [3.8, 4) is 5.75 Å². The van der Waals surface area contributed by atoms with Crippen LogP contribution in [0.4, 0.5) is 0 Å². The molecule has 1 aliphatic heterocycles. The number of benzene rings is 1. The van der Waals surface area contributed by atoms with Crippen molar-refractivity contribution in [1.29, 1.82) is 0 Å². The monoisotopic (exact) mass is 393 g/mol. The maximum absolute atomic E-state index is 12.1. The van der Waals surface area contributed by atoms with Crippen molar-refractivity contribution in [3.63, 3.8) is 0 Å². The van der Waals surface area contributed by atoms with Crippen LogP contribution in [0.15, 0.2) is 45.9 Å². The van der Waals surface area contributed by atoms with Gasteiger partial charge in [0.25, 0.3) is 0 Å². The lowest BCUT2D eigenvalue weighted by molar-refractivity contribution is -0.118. The molecule has 0 bridgehead atoms. The molecule has 1 atom stereocenters. The van der Waals surface area contributed by atoms with Crippen LogP contribution in [-0.2, 0) is 4.79 Å². The van der Waals surface area contributed by atoms with E-state index in [0.29, 0.717) is 20.6 Å². The van der Waals surface area contributed by atoms with Crippen LogP contribution < -0.4 is 5.32 Å². The fourth-order valence-electron chi connectivity index (χ4n) is 2.07. The molecule has 1 aromatic carbocycles. The minimum Gasteiger partial charge on any atom is -0.507 e. The number of carbonyl (C=O) groups is 2. The number of aromatic hydroxyl groups is 1. The highest BCUT2D eigenvalue weighted by Crippen LogP contribution is 2.25. The van der Waals surface area contributed by atoms with Crippen molar-refractivity contribution in [1.82, 2.24) is 5.32 Å². The van der Waals surface area contributed by atoms with E-state index in [9.17, 15) is 14.7 Å². The SMILES string of the molecule is O=C(CC1S/C(=N\N=C\c2cc(Cl)ccc2O)NC1=O)c1cccs1. The second-order valence-electron chi connectivity index (χ2n) is 5.05. The van der Waals surface area contributed by atoms with Crippen LogP contribution in [0.1, 0.15) is 21.7 Å². The first-order valence-corrected chi connectivity index (χ1v) is 9.30. The van der Waals surface area contributed by atoms with Crippen molar-refractivity contribution < 1.29 is 14.7 Å². The summed E-state index contributed by atoms with van der Waals surface area (Å²) in [6, 6.07) is 8.09. The van der Waals surface area contributed by atoms with E-state index in [1.807, 2.05) is 5.38 Å². The molecule has 25 heavy (non-hydrogen) atoms. The Kier molecular flexibility index (Phi) is 5.52. The summed E-state index contributed by atoms with van der Waals surface area (Å²) in [7, 11) is 0. The van der Waals surface area contributed by atoms with Gasteiger partial charge < -0.3 is 10.4 Å². The van der Waals surface area contributed by atoms with Gasteiger partial charge in [-0.1, -0.05) is 29.4 Å². The van der Waals surface area contributed by atoms with E-state index in [2.05, 4.69) is 15.5 Å². The molecule has 1 fully saturated rings. The minimum absolute atomic E-state index is 0.0240. The molecular formula is C16H12ClN3O3S2. The minimum atomic E-state index is -0.525. The Morgan fingerprint density at radius 1 is 1.40 bits per heavy atom. The quantitative estimate of drug-likeness (QED) is 0.463. The first-order chi connectivity index (χ1) is 12.0. The van der Waals surface area contributed by atoms with Crippen molar-refractivity contribution in [3.05, 3.63) is 51.2 Å². The van der Waals surface area contributed by atoms with E-state index in [1.54, 1.807) is 24.3 Å². The largest absolute Gasteiger partial charge is 0.507 e. The highest BCUT2D eigenvalue weighted by Gasteiger charge is 2.32. The Morgan fingerprint density at radius 3 is 3.00 bits per heavy atom. The molecular weight excluding hydrogens is 382 g/mol. The van der Waals surface area contributed by atoms with Gasteiger partial charge in [-0.3, -0.25) is 9.59 Å². The molecule has 2 heterocycles. The summed E-state index contributed by atoms with van der Waals surface area (Å²) in [5.74, 6) is -0.318. The van der Waals surface area contributed by atoms with Crippen LogP contribution in [0.2, 0.25) is 5.02 Å². The number of amides is 1. The number of thiophene rings is 1. The number of ketones is 1. The molecule has 9 heteroatoms. The van der Waals surface area contributed by atoms with Gasteiger partial charge in [0.15, 0.2) is 11.0 Å². The normalized spacial score (nSPS) is 18.8. The number of nitrogens with one attached hydrogen (secondary N) is 1. The van der Waals surface area contributed by atoms with E-state index >= 15 is 0 Å². The maximum atomic E-state index is 12.1. The summed E-state index contributed by atoms with van der Waals surface area (Å²) in [4.78, 5) is 24.7. The van der Waals surface area contributed by atoms with Gasteiger partial charge in [0, 0.05) is 17.0 Å². The summed E-state index contributed by atoms with van der Waals surface area (Å²) >= 11 is 8.36. The highest BCUT2D eigenvalue weighted by molar-refractivity contribution is 8.15. The van der Waals surface area contributed by atoms with E-state index in [-0.39, 0.29) is 23.9 Å². The Morgan fingerprint density at radius 2 is 2.24 bits per heavy atom. The summed E-state index contributed by atoms with van der Waals surface area (Å²) in [6.45, 7) is 0. The fourth-order valence-corrected chi connectivity index (χ4v) is 3.85. The van der Waals surface area contributed by atoms with Gasteiger partial charge in [0.05, 0.1) is 16.3 Å². The van der Waals surface area contributed by atoms with Crippen LogP contribution in [0.3, 0.4) is 0 Å². The molecule has 2 aromatic rings. The Balaban J connectivity index is 1.63. The molecule has 0 spiro atoms. The third-order valence-electron chi connectivity index (χ3n) is 3.28. The second kappa shape index (κ2) is 7.81. The zero-order valence-corrected chi connectivity index (χ0v) is 15.1. The molecule has 128 valence electrons. The van der Waals surface area contributed by atoms with Gasteiger partial charge in [-0.05, 0) is 29.6 Å². The van der Waals surface area contributed by atoms with Crippen molar-refractivity contribution in [2.45, 2.75) is 11.7 Å². The van der Waals surface area contributed by atoms with Gasteiger partial charge >= 0.3 is 0 Å². The molecule has 0 saturated carbocycles. The number of amidine groups is 1. The van der Waals surface area contributed by atoms with Gasteiger partial charge in [0.2, 0.25) is 5.91 Å². The second-order valence-corrected chi connectivity index (χ2v) is 7.63. The predicted octanol–water partition coefficient (Wildman–Crippen LogP) is 3.30. The first-order valence-electron chi connectivity index (χ1n) is 7.16. The van der Waals surface area contributed by atoms with E-state index in [4.69, 9.17) is 11.6 Å². The lowest BCUT2D eigenvalue weighted by Crippen LogP contribution is -2.26. The van der Waals surface area contributed by atoms with E-state index < -0.39 is 5.25 Å². The number of phenols is 1.